The second kappa shape index (κ2) is 8.16. The summed E-state index contributed by atoms with van der Waals surface area (Å²) < 4.78 is 20.7. The van der Waals surface area contributed by atoms with Crippen molar-refractivity contribution in [2.45, 2.75) is 52.2 Å². The predicted octanol–water partition coefficient (Wildman–Crippen LogP) is 6.60. The molecule has 1 aliphatic heterocycles. The van der Waals surface area contributed by atoms with Crippen LogP contribution in [-0.2, 0) is 19.5 Å². The highest BCUT2D eigenvalue weighted by atomic mass is 32.1. The van der Waals surface area contributed by atoms with Gasteiger partial charge in [0, 0.05) is 25.6 Å². The van der Waals surface area contributed by atoms with E-state index < -0.39 is 0 Å². The van der Waals surface area contributed by atoms with Gasteiger partial charge in [-0.25, -0.2) is 4.39 Å². The molecule has 0 atom stereocenters. The quantitative estimate of drug-likeness (QED) is 0.445. The van der Waals surface area contributed by atoms with Gasteiger partial charge in [-0.05, 0) is 94.1 Å². The lowest BCUT2D eigenvalue weighted by Gasteiger charge is -2.39. The molecule has 0 saturated heterocycles. The summed E-state index contributed by atoms with van der Waals surface area (Å²) in [5, 5.41) is 4.09. The topological polar surface area (TPSA) is 12.5 Å². The van der Waals surface area contributed by atoms with Gasteiger partial charge in [0.15, 0.2) is 0 Å². The first-order valence-electron chi connectivity index (χ1n) is 10.9. The van der Waals surface area contributed by atoms with Crippen LogP contribution in [0.25, 0.3) is 11.1 Å². The van der Waals surface area contributed by atoms with Crippen LogP contribution >= 0.6 is 11.3 Å². The second-order valence-corrected chi connectivity index (χ2v) is 9.71. The Hall–Kier alpha value is -2.17. The van der Waals surface area contributed by atoms with Crippen LogP contribution in [0, 0.1) is 18.7 Å². The molecule has 2 aliphatic rings. The molecular formula is C26H28FNOS. The van der Waals surface area contributed by atoms with E-state index in [1.165, 1.54) is 24.0 Å². The Morgan fingerprint density at radius 2 is 1.93 bits per heavy atom. The van der Waals surface area contributed by atoms with E-state index >= 15 is 0 Å². The summed E-state index contributed by atoms with van der Waals surface area (Å²) in [4.78, 5) is 2.60. The van der Waals surface area contributed by atoms with Crippen molar-refractivity contribution >= 4 is 11.3 Å². The smallest absolute Gasteiger partial charge is 0.127 e. The van der Waals surface area contributed by atoms with E-state index in [1.54, 1.807) is 17.4 Å². The zero-order chi connectivity index (χ0) is 20.7. The van der Waals surface area contributed by atoms with Crippen LogP contribution in [0.3, 0.4) is 0 Å². The zero-order valence-electron chi connectivity index (χ0n) is 17.7. The minimum atomic E-state index is -0.148. The molecule has 0 unspecified atom stereocenters. The molecule has 0 spiro atoms. The first-order chi connectivity index (χ1) is 14.6. The zero-order valence-corrected chi connectivity index (χ0v) is 18.5. The van der Waals surface area contributed by atoms with E-state index in [0.29, 0.717) is 13.0 Å². The normalized spacial score (nSPS) is 20.8. The lowest BCUT2D eigenvalue weighted by molar-refractivity contribution is 0.0842. The van der Waals surface area contributed by atoms with E-state index in [1.807, 2.05) is 24.4 Å². The van der Waals surface area contributed by atoms with Crippen molar-refractivity contribution in [2.75, 3.05) is 6.61 Å². The van der Waals surface area contributed by atoms with Crippen LogP contribution in [0.15, 0.2) is 47.2 Å². The second-order valence-electron chi connectivity index (χ2n) is 8.93. The minimum Gasteiger partial charge on any atom is -0.493 e. The molecule has 3 aromatic rings. The van der Waals surface area contributed by atoms with E-state index in [9.17, 15) is 4.39 Å². The molecule has 2 nitrogen and oxygen atoms in total. The van der Waals surface area contributed by atoms with Crippen molar-refractivity contribution in [1.82, 2.24) is 4.90 Å². The van der Waals surface area contributed by atoms with Gasteiger partial charge in [-0.1, -0.05) is 19.1 Å². The predicted molar refractivity (Wildman–Crippen MR) is 122 cm³/mol. The molecule has 1 aliphatic carbocycles. The van der Waals surface area contributed by atoms with Gasteiger partial charge >= 0.3 is 0 Å². The van der Waals surface area contributed by atoms with E-state index in [-0.39, 0.29) is 5.82 Å². The largest absolute Gasteiger partial charge is 0.493 e. The number of hydrogen-bond donors (Lipinski definition) is 0. The highest BCUT2D eigenvalue weighted by molar-refractivity contribution is 7.08. The Kier molecular flexibility index (Phi) is 5.38. The van der Waals surface area contributed by atoms with Crippen molar-refractivity contribution in [3.63, 3.8) is 0 Å². The molecule has 30 heavy (non-hydrogen) atoms. The number of rotatable bonds is 6. The molecule has 156 valence electrons. The average molecular weight is 422 g/mol. The summed E-state index contributed by atoms with van der Waals surface area (Å²) >= 11 is 1.63. The number of aryl methyl sites for hydroxylation is 1. The lowest BCUT2D eigenvalue weighted by atomic mass is 9.81. The molecule has 1 fully saturated rings. The maximum Gasteiger partial charge on any atom is 0.127 e. The van der Waals surface area contributed by atoms with Gasteiger partial charge in [-0.2, -0.15) is 11.3 Å². The first-order valence-corrected chi connectivity index (χ1v) is 11.8. The van der Waals surface area contributed by atoms with Crippen molar-refractivity contribution in [2.24, 2.45) is 5.92 Å². The van der Waals surface area contributed by atoms with Gasteiger partial charge in [0.1, 0.15) is 11.6 Å². The summed E-state index contributed by atoms with van der Waals surface area (Å²) in [6.45, 7) is 6.96. The SMILES string of the molecule is Cc1cc(CCOc2ccc3c(c2)CN(C2CC(C)C2)C3)c(F)cc1-c1ccsc1. The third kappa shape index (κ3) is 3.91. The summed E-state index contributed by atoms with van der Waals surface area (Å²) in [5.74, 6) is 1.62. The highest BCUT2D eigenvalue weighted by Gasteiger charge is 2.33. The molecule has 4 heteroatoms. The number of nitrogens with zero attached hydrogens (tertiary/aromatic N) is 1. The summed E-state index contributed by atoms with van der Waals surface area (Å²) in [7, 11) is 0. The average Bonchev–Trinajstić information content (AvgIpc) is 3.37. The molecular weight excluding hydrogens is 393 g/mol. The Morgan fingerprint density at radius 3 is 2.70 bits per heavy atom. The van der Waals surface area contributed by atoms with Crippen molar-refractivity contribution < 1.29 is 9.13 Å². The highest BCUT2D eigenvalue weighted by Crippen LogP contribution is 2.37. The molecule has 5 rings (SSSR count). The Labute approximate surface area is 182 Å². The molecule has 1 aromatic heterocycles. The van der Waals surface area contributed by atoms with Crippen LogP contribution in [-0.4, -0.2) is 17.5 Å². The fourth-order valence-electron chi connectivity index (χ4n) is 4.84. The minimum absolute atomic E-state index is 0.148. The van der Waals surface area contributed by atoms with Crippen molar-refractivity contribution in [1.29, 1.82) is 0 Å². The third-order valence-electron chi connectivity index (χ3n) is 6.66. The third-order valence-corrected chi connectivity index (χ3v) is 7.34. The number of thiophene rings is 1. The van der Waals surface area contributed by atoms with Crippen LogP contribution in [0.1, 0.15) is 42.0 Å². The first kappa shape index (κ1) is 19.8. The Bertz CT molecular complexity index is 1040. The number of benzene rings is 2. The van der Waals surface area contributed by atoms with Crippen molar-refractivity contribution in [3.8, 4) is 16.9 Å². The van der Waals surface area contributed by atoms with Crippen LogP contribution in [0.2, 0.25) is 0 Å². The van der Waals surface area contributed by atoms with Crippen molar-refractivity contribution in [3.05, 3.63) is 75.2 Å². The van der Waals surface area contributed by atoms with Crippen LogP contribution in [0.5, 0.6) is 5.75 Å². The summed E-state index contributed by atoms with van der Waals surface area (Å²) in [5.41, 5.74) is 6.69. The van der Waals surface area contributed by atoms with Gasteiger partial charge in [0.25, 0.3) is 0 Å². The number of fused-ring (bicyclic) bond motifs is 1. The van der Waals surface area contributed by atoms with Gasteiger partial charge in [-0.15, -0.1) is 0 Å². The monoisotopic (exact) mass is 421 g/mol. The van der Waals surface area contributed by atoms with E-state index in [0.717, 1.165) is 53.1 Å². The maximum absolute atomic E-state index is 14.7. The Morgan fingerprint density at radius 1 is 1.10 bits per heavy atom. The molecule has 0 amide bonds. The molecule has 2 aromatic carbocycles. The lowest BCUT2D eigenvalue weighted by Crippen LogP contribution is -2.40. The Balaban J connectivity index is 1.20. The maximum atomic E-state index is 14.7. The number of hydrogen-bond acceptors (Lipinski definition) is 3. The molecule has 2 heterocycles. The summed E-state index contributed by atoms with van der Waals surface area (Å²) in [6, 6.07) is 12.9. The molecule has 0 N–H and O–H groups in total. The molecule has 0 radical (unpaired) electrons. The van der Waals surface area contributed by atoms with Gasteiger partial charge in [0.05, 0.1) is 6.61 Å². The van der Waals surface area contributed by atoms with Gasteiger partial charge < -0.3 is 4.74 Å². The number of halogens is 1. The van der Waals surface area contributed by atoms with E-state index in [2.05, 4.69) is 35.4 Å². The van der Waals surface area contributed by atoms with Crippen LogP contribution < -0.4 is 4.74 Å². The fourth-order valence-corrected chi connectivity index (χ4v) is 5.50. The molecule has 0 bridgehead atoms. The van der Waals surface area contributed by atoms with Crippen LogP contribution in [0.4, 0.5) is 4.39 Å². The standard InChI is InChI=1S/C26H28FNOS/c1-17-9-23(10-17)28-14-20-3-4-24(12-22(20)15-28)29-7-5-19-11-18(2)25(13-26(19)27)21-6-8-30-16-21/h3-4,6,8,11-13,16-17,23H,5,7,9-10,14-15H2,1-2H3. The van der Waals surface area contributed by atoms with Gasteiger partial charge in [-0.3, -0.25) is 4.90 Å². The van der Waals surface area contributed by atoms with Gasteiger partial charge in [0.2, 0.25) is 0 Å². The number of ether oxygens (including phenoxy) is 1. The molecule has 1 saturated carbocycles. The fraction of sp³-hybridized carbons (Fsp3) is 0.385. The van der Waals surface area contributed by atoms with E-state index in [4.69, 9.17) is 4.74 Å². The summed E-state index contributed by atoms with van der Waals surface area (Å²) in [6.07, 6.45) is 3.22.